The van der Waals surface area contributed by atoms with Crippen molar-refractivity contribution in [3.63, 3.8) is 0 Å². The van der Waals surface area contributed by atoms with Gasteiger partial charge in [0, 0.05) is 37.4 Å². The number of hydrogen-bond acceptors (Lipinski definition) is 6. The van der Waals surface area contributed by atoms with Gasteiger partial charge in [-0.15, -0.1) is 0 Å². The lowest BCUT2D eigenvalue weighted by Crippen LogP contribution is -2.51. The lowest BCUT2D eigenvalue weighted by atomic mass is 10.2. The maximum absolute atomic E-state index is 12.8. The number of rotatable bonds is 9. The third-order valence-electron chi connectivity index (χ3n) is 5.91. The number of methoxy groups -OCH3 is 1. The Morgan fingerprint density at radius 1 is 0.943 bits per heavy atom. The number of anilines is 1. The van der Waals surface area contributed by atoms with Crippen molar-refractivity contribution in [2.24, 2.45) is 5.16 Å². The molecule has 0 aromatic heterocycles. The quantitative estimate of drug-likeness (QED) is 0.341. The van der Waals surface area contributed by atoms with Crippen LogP contribution in [0.25, 0.3) is 0 Å². The Morgan fingerprint density at radius 2 is 1.63 bits per heavy atom. The molecular weight excluding hydrogens is 442 g/mol. The number of oxime groups is 1. The number of benzene rings is 3. The first-order valence-corrected chi connectivity index (χ1v) is 11.8. The van der Waals surface area contributed by atoms with E-state index in [9.17, 15) is 4.79 Å². The molecule has 1 fully saturated rings. The van der Waals surface area contributed by atoms with E-state index in [1.807, 2.05) is 71.6 Å². The highest BCUT2D eigenvalue weighted by atomic mass is 16.6. The van der Waals surface area contributed by atoms with E-state index in [2.05, 4.69) is 22.2 Å². The molecule has 1 amide bonds. The molecule has 182 valence electrons. The Kier molecular flexibility index (Phi) is 8.22. The van der Waals surface area contributed by atoms with E-state index >= 15 is 0 Å². The highest BCUT2D eigenvalue weighted by molar-refractivity contribution is 5.82. The number of piperazine rings is 1. The summed E-state index contributed by atoms with van der Waals surface area (Å²) in [5.74, 6) is 1.19. The van der Waals surface area contributed by atoms with Crippen LogP contribution in [-0.4, -0.2) is 56.4 Å². The minimum atomic E-state index is -0.662. The molecule has 0 aliphatic carbocycles. The summed E-state index contributed by atoms with van der Waals surface area (Å²) in [7, 11) is 1.60. The Hall–Kier alpha value is -4.00. The molecule has 1 aliphatic heterocycles. The lowest BCUT2D eigenvalue weighted by Gasteiger charge is -2.36. The summed E-state index contributed by atoms with van der Waals surface area (Å²) in [5.41, 5.74) is 3.04. The smallest absolute Gasteiger partial charge is 0.266 e. The molecule has 0 spiro atoms. The summed E-state index contributed by atoms with van der Waals surface area (Å²) < 4.78 is 11.4. The molecule has 1 aliphatic rings. The van der Waals surface area contributed by atoms with Crippen molar-refractivity contribution < 1.29 is 19.1 Å². The third kappa shape index (κ3) is 6.53. The van der Waals surface area contributed by atoms with Gasteiger partial charge in [0.2, 0.25) is 6.10 Å². The van der Waals surface area contributed by atoms with Crippen LogP contribution in [-0.2, 0) is 16.2 Å². The number of carbonyl (C=O) groups is 1. The molecule has 1 saturated heterocycles. The van der Waals surface area contributed by atoms with E-state index in [4.69, 9.17) is 14.3 Å². The normalized spacial score (nSPS) is 14.6. The standard InChI is InChI=1S/C28H31N3O4/c1-22(28(32)31-17-15-30(16-18-31)25-11-7-4-8-12-25)35-29-20-24-13-14-26(27(19-24)33-2)34-21-23-9-5-3-6-10-23/h3-14,19-20,22H,15-18,21H2,1-2H3/b29-20+. The SMILES string of the molecule is COc1cc(/C=N/OC(C)C(=O)N2CCN(c3ccccc3)CC2)ccc1OCc1ccccc1. The van der Waals surface area contributed by atoms with Gasteiger partial charge in [-0.1, -0.05) is 53.7 Å². The predicted octanol–water partition coefficient (Wildman–Crippen LogP) is 4.36. The van der Waals surface area contributed by atoms with Crippen LogP contribution in [0.5, 0.6) is 11.5 Å². The summed E-state index contributed by atoms with van der Waals surface area (Å²) in [6.45, 7) is 5.09. The zero-order valence-corrected chi connectivity index (χ0v) is 20.2. The zero-order valence-electron chi connectivity index (χ0n) is 20.2. The van der Waals surface area contributed by atoms with Crippen LogP contribution in [0.3, 0.4) is 0 Å². The van der Waals surface area contributed by atoms with Crippen LogP contribution in [0.4, 0.5) is 5.69 Å². The van der Waals surface area contributed by atoms with Gasteiger partial charge in [0.1, 0.15) is 6.61 Å². The van der Waals surface area contributed by atoms with Crippen molar-refractivity contribution in [2.45, 2.75) is 19.6 Å². The number of ether oxygens (including phenoxy) is 2. The van der Waals surface area contributed by atoms with Crippen molar-refractivity contribution in [3.8, 4) is 11.5 Å². The van der Waals surface area contributed by atoms with Crippen LogP contribution in [0.15, 0.2) is 84.0 Å². The summed E-state index contributed by atoms with van der Waals surface area (Å²) in [6.07, 6.45) is 0.908. The zero-order chi connectivity index (χ0) is 24.5. The minimum absolute atomic E-state index is 0.0582. The highest BCUT2D eigenvalue weighted by Crippen LogP contribution is 2.28. The molecule has 7 heteroatoms. The fourth-order valence-electron chi connectivity index (χ4n) is 3.93. The molecule has 4 rings (SSSR count). The maximum Gasteiger partial charge on any atom is 0.266 e. The van der Waals surface area contributed by atoms with Gasteiger partial charge < -0.3 is 24.1 Å². The van der Waals surface area contributed by atoms with E-state index < -0.39 is 6.10 Å². The second-order valence-corrected chi connectivity index (χ2v) is 8.31. The summed E-state index contributed by atoms with van der Waals surface area (Å²) in [4.78, 5) is 22.4. The van der Waals surface area contributed by atoms with Gasteiger partial charge in [-0.25, -0.2) is 0 Å². The maximum atomic E-state index is 12.8. The number of para-hydroxylation sites is 1. The van der Waals surface area contributed by atoms with Gasteiger partial charge in [0.15, 0.2) is 11.5 Å². The van der Waals surface area contributed by atoms with Gasteiger partial charge in [-0.05, 0) is 42.8 Å². The third-order valence-corrected chi connectivity index (χ3v) is 5.91. The van der Waals surface area contributed by atoms with Crippen LogP contribution in [0.1, 0.15) is 18.1 Å². The fraction of sp³-hybridized carbons (Fsp3) is 0.286. The Labute approximate surface area is 206 Å². The van der Waals surface area contributed by atoms with E-state index in [1.165, 1.54) is 5.69 Å². The van der Waals surface area contributed by atoms with Crippen molar-refractivity contribution >= 4 is 17.8 Å². The van der Waals surface area contributed by atoms with Gasteiger partial charge in [-0.2, -0.15) is 0 Å². The molecular formula is C28H31N3O4. The number of hydrogen-bond donors (Lipinski definition) is 0. The van der Waals surface area contributed by atoms with Gasteiger partial charge in [-0.3, -0.25) is 4.79 Å². The molecule has 35 heavy (non-hydrogen) atoms. The average molecular weight is 474 g/mol. The molecule has 1 heterocycles. The molecule has 0 radical (unpaired) electrons. The first-order chi connectivity index (χ1) is 17.1. The number of carbonyl (C=O) groups excluding carboxylic acids is 1. The summed E-state index contributed by atoms with van der Waals surface area (Å²) in [5, 5.41) is 4.04. The highest BCUT2D eigenvalue weighted by Gasteiger charge is 2.26. The molecule has 3 aromatic rings. The van der Waals surface area contributed by atoms with E-state index in [-0.39, 0.29) is 5.91 Å². The Morgan fingerprint density at radius 3 is 2.31 bits per heavy atom. The summed E-state index contributed by atoms with van der Waals surface area (Å²) >= 11 is 0. The van der Waals surface area contributed by atoms with Gasteiger partial charge in [0.05, 0.1) is 13.3 Å². The van der Waals surface area contributed by atoms with Crippen LogP contribution in [0.2, 0.25) is 0 Å². The topological polar surface area (TPSA) is 63.6 Å². The minimum Gasteiger partial charge on any atom is -0.493 e. The second-order valence-electron chi connectivity index (χ2n) is 8.31. The average Bonchev–Trinajstić information content (AvgIpc) is 2.93. The van der Waals surface area contributed by atoms with Crippen LogP contribution in [0, 0.1) is 0 Å². The molecule has 7 nitrogen and oxygen atoms in total. The van der Waals surface area contributed by atoms with Gasteiger partial charge in [0.25, 0.3) is 5.91 Å². The van der Waals surface area contributed by atoms with Crippen LogP contribution >= 0.6 is 0 Å². The Bertz CT molecular complexity index is 1110. The monoisotopic (exact) mass is 473 g/mol. The van der Waals surface area contributed by atoms with Crippen LogP contribution < -0.4 is 14.4 Å². The van der Waals surface area contributed by atoms with Crippen molar-refractivity contribution in [1.29, 1.82) is 0 Å². The van der Waals surface area contributed by atoms with E-state index in [0.29, 0.717) is 31.2 Å². The molecule has 1 atom stereocenters. The first kappa shape index (κ1) is 24.1. The number of nitrogens with zero attached hydrogens (tertiary/aromatic N) is 3. The Balaban J connectivity index is 1.27. The van der Waals surface area contributed by atoms with E-state index in [1.54, 1.807) is 20.2 Å². The largest absolute Gasteiger partial charge is 0.493 e. The molecule has 1 unspecified atom stereocenters. The first-order valence-electron chi connectivity index (χ1n) is 11.8. The fourth-order valence-corrected chi connectivity index (χ4v) is 3.93. The van der Waals surface area contributed by atoms with E-state index in [0.717, 1.165) is 24.2 Å². The molecule has 0 saturated carbocycles. The second kappa shape index (κ2) is 11.9. The molecule has 0 N–H and O–H groups in total. The van der Waals surface area contributed by atoms with Gasteiger partial charge >= 0.3 is 0 Å². The molecule has 3 aromatic carbocycles. The lowest BCUT2D eigenvalue weighted by molar-refractivity contribution is -0.142. The molecule has 0 bridgehead atoms. The van der Waals surface area contributed by atoms with Crippen molar-refractivity contribution in [3.05, 3.63) is 90.0 Å². The van der Waals surface area contributed by atoms with Crippen molar-refractivity contribution in [1.82, 2.24) is 4.90 Å². The predicted molar refractivity (Wildman–Crippen MR) is 137 cm³/mol. The number of amides is 1. The summed E-state index contributed by atoms with van der Waals surface area (Å²) in [6, 6.07) is 25.7. The van der Waals surface area contributed by atoms with Crippen molar-refractivity contribution in [2.75, 3.05) is 38.2 Å².